The lowest BCUT2D eigenvalue weighted by atomic mass is 9.80. The van der Waals surface area contributed by atoms with E-state index in [9.17, 15) is 10.1 Å². The summed E-state index contributed by atoms with van der Waals surface area (Å²) in [5.41, 5.74) is 0.0531. The van der Waals surface area contributed by atoms with Crippen molar-refractivity contribution in [3.63, 3.8) is 0 Å². The predicted molar refractivity (Wildman–Crippen MR) is 71.3 cm³/mol. The second-order valence-electron chi connectivity index (χ2n) is 4.60. The minimum absolute atomic E-state index is 0.0621. The van der Waals surface area contributed by atoms with Crippen LogP contribution >= 0.6 is 15.9 Å². The molecular formula is C14H14BrNO2. The van der Waals surface area contributed by atoms with Gasteiger partial charge in [0, 0.05) is 17.3 Å². The summed E-state index contributed by atoms with van der Waals surface area (Å²) in [5, 5.41) is 9.36. The maximum atomic E-state index is 11.9. The lowest BCUT2D eigenvalue weighted by Crippen LogP contribution is -2.26. The highest BCUT2D eigenvalue weighted by atomic mass is 79.9. The first-order chi connectivity index (χ1) is 8.61. The Morgan fingerprint density at radius 3 is 2.89 bits per heavy atom. The molecule has 1 fully saturated rings. The summed E-state index contributed by atoms with van der Waals surface area (Å²) < 4.78 is 6.22. The fourth-order valence-electron chi connectivity index (χ4n) is 2.48. The Morgan fingerprint density at radius 2 is 2.33 bits per heavy atom. The Bertz CT molecular complexity index is 521. The van der Waals surface area contributed by atoms with Crippen molar-refractivity contribution in [1.82, 2.24) is 0 Å². The monoisotopic (exact) mass is 307 g/mol. The molecule has 0 spiro atoms. The van der Waals surface area contributed by atoms with Crippen molar-refractivity contribution >= 4 is 21.7 Å². The lowest BCUT2D eigenvalue weighted by molar-refractivity contribution is -0.123. The molecular weight excluding hydrogens is 294 g/mol. The third-order valence-corrected chi connectivity index (χ3v) is 3.98. The van der Waals surface area contributed by atoms with Gasteiger partial charge < -0.3 is 4.74 Å². The van der Waals surface area contributed by atoms with E-state index in [1.807, 2.05) is 18.2 Å². The van der Waals surface area contributed by atoms with Gasteiger partial charge in [0.05, 0.1) is 13.2 Å². The zero-order valence-corrected chi connectivity index (χ0v) is 11.8. The molecule has 1 aromatic carbocycles. The molecule has 4 heteroatoms. The third kappa shape index (κ3) is 2.28. The molecule has 1 aromatic rings. The van der Waals surface area contributed by atoms with Crippen molar-refractivity contribution in [1.29, 1.82) is 5.26 Å². The fourth-order valence-corrected chi connectivity index (χ4v) is 2.89. The summed E-state index contributed by atoms with van der Waals surface area (Å²) in [4.78, 5) is 11.9. The average molecular weight is 308 g/mol. The van der Waals surface area contributed by atoms with Crippen LogP contribution in [0.5, 0.6) is 5.75 Å². The maximum absolute atomic E-state index is 11.9. The number of halogens is 1. The van der Waals surface area contributed by atoms with E-state index in [4.69, 9.17) is 4.74 Å². The predicted octanol–water partition coefficient (Wildman–Crippen LogP) is 3.26. The quantitative estimate of drug-likeness (QED) is 0.861. The summed E-state index contributed by atoms with van der Waals surface area (Å²) in [7, 11) is 1.60. The fraction of sp³-hybridized carbons (Fsp3) is 0.429. The molecule has 0 aromatic heterocycles. The first-order valence-electron chi connectivity index (χ1n) is 5.88. The molecule has 0 amide bonds. The van der Waals surface area contributed by atoms with Crippen molar-refractivity contribution < 1.29 is 9.53 Å². The van der Waals surface area contributed by atoms with E-state index in [0.717, 1.165) is 22.2 Å². The molecule has 18 heavy (non-hydrogen) atoms. The van der Waals surface area contributed by atoms with Crippen LogP contribution in [0.2, 0.25) is 0 Å². The highest BCUT2D eigenvalue weighted by Crippen LogP contribution is 2.39. The van der Waals surface area contributed by atoms with Crippen LogP contribution < -0.4 is 4.74 Å². The van der Waals surface area contributed by atoms with Crippen LogP contribution in [0.25, 0.3) is 0 Å². The standard InChI is InChI=1S/C14H14BrNO2/c1-18-12-5-4-11(15)7-10(12)8-14(9-16)6-2-3-13(14)17/h4-5,7H,2-3,6,8H2,1H3. The zero-order chi connectivity index (χ0) is 13.2. The number of carbonyl (C=O) groups excluding carboxylic acids is 1. The number of carbonyl (C=O) groups is 1. The summed E-state index contributed by atoms with van der Waals surface area (Å²) >= 11 is 3.41. The van der Waals surface area contributed by atoms with Gasteiger partial charge in [0.2, 0.25) is 0 Å². The van der Waals surface area contributed by atoms with Gasteiger partial charge in [-0.05, 0) is 36.6 Å². The number of methoxy groups -OCH3 is 1. The molecule has 1 aliphatic carbocycles. The second kappa shape index (κ2) is 5.11. The van der Waals surface area contributed by atoms with Crippen LogP contribution in [0, 0.1) is 16.7 Å². The van der Waals surface area contributed by atoms with Crippen molar-refractivity contribution in [2.75, 3.05) is 7.11 Å². The van der Waals surface area contributed by atoms with Crippen molar-refractivity contribution in [2.45, 2.75) is 25.7 Å². The maximum Gasteiger partial charge on any atom is 0.153 e. The minimum atomic E-state index is -0.853. The van der Waals surface area contributed by atoms with Gasteiger partial charge in [-0.1, -0.05) is 15.9 Å². The first-order valence-corrected chi connectivity index (χ1v) is 6.67. The van der Waals surface area contributed by atoms with E-state index in [1.54, 1.807) is 7.11 Å². The van der Waals surface area contributed by atoms with Crippen LogP contribution in [0.15, 0.2) is 22.7 Å². The molecule has 2 rings (SSSR count). The summed E-state index contributed by atoms with van der Waals surface area (Å²) in [5.74, 6) is 0.791. The van der Waals surface area contributed by atoms with E-state index in [1.165, 1.54) is 0 Å². The molecule has 0 N–H and O–H groups in total. The van der Waals surface area contributed by atoms with Crippen LogP contribution in [0.3, 0.4) is 0 Å². The molecule has 0 saturated heterocycles. The average Bonchev–Trinajstić information content (AvgIpc) is 2.72. The number of ketones is 1. The van der Waals surface area contributed by atoms with E-state index >= 15 is 0 Å². The number of nitriles is 1. The van der Waals surface area contributed by atoms with Crippen LogP contribution in [0.4, 0.5) is 0 Å². The molecule has 0 bridgehead atoms. The zero-order valence-electron chi connectivity index (χ0n) is 10.2. The normalized spacial score (nSPS) is 22.8. The third-order valence-electron chi connectivity index (χ3n) is 3.49. The summed E-state index contributed by atoms with van der Waals surface area (Å²) in [6, 6.07) is 7.88. The Morgan fingerprint density at radius 1 is 1.56 bits per heavy atom. The highest BCUT2D eigenvalue weighted by molar-refractivity contribution is 9.10. The first kappa shape index (κ1) is 13.1. The largest absolute Gasteiger partial charge is 0.496 e. The van der Waals surface area contributed by atoms with Crippen LogP contribution in [-0.4, -0.2) is 12.9 Å². The Balaban J connectivity index is 2.36. The smallest absolute Gasteiger partial charge is 0.153 e. The Kier molecular flexibility index (Phi) is 3.72. The van der Waals surface area contributed by atoms with Crippen LogP contribution in [0.1, 0.15) is 24.8 Å². The Hall–Kier alpha value is -1.34. The van der Waals surface area contributed by atoms with E-state index in [2.05, 4.69) is 22.0 Å². The van der Waals surface area contributed by atoms with Crippen molar-refractivity contribution in [3.05, 3.63) is 28.2 Å². The molecule has 1 aliphatic rings. The van der Waals surface area contributed by atoms with Gasteiger partial charge in [-0.2, -0.15) is 5.26 Å². The number of rotatable bonds is 3. The van der Waals surface area contributed by atoms with E-state index < -0.39 is 5.41 Å². The number of hydrogen-bond acceptors (Lipinski definition) is 3. The summed E-state index contributed by atoms with van der Waals surface area (Å²) in [6.45, 7) is 0. The van der Waals surface area contributed by atoms with Crippen LogP contribution in [-0.2, 0) is 11.2 Å². The van der Waals surface area contributed by atoms with Gasteiger partial charge >= 0.3 is 0 Å². The molecule has 0 radical (unpaired) electrons. The minimum Gasteiger partial charge on any atom is -0.496 e. The van der Waals surface area contributed by atoms with E-state index in [-0.39, 0.29) is 5.78 Å². The molecule has 0 aliphatic heterocycles. The number of nitrogens with zero attached hydrogens (tertiary/aromatic N) is 1. The number of benzene rings is 1. The van der Waals surface area contributed by atoms with Gasteiger partial charge in [-0.3, -0.25) is 4.79 Å². The number of ether oxygens (including phenoxy) is 1. The summed E-state index contributed by atoms with van der Waals surface area (Å²) in [6.07, 6.45) is 2.41. The van der Waals surface area contributed by atoms with Crippen molar-refractivity contribution in [3.8, 4) is 11.8 Å². The van der Waals surface area contributed by atoms with Gasteiger partial charge in [0.1, 0.15) is 11.2 Å². The van der Waals surface area contributed by atoms with Crippen molar-refractivity contribution in [2.24, 2.45) is 5.41 Å². The van der Waals surface area contributed by atoms with Gasteiger partial charge in [0.15, 0.2) is 5.78 Å². The van der Waals surface area contributed by atoms with Gasteiger partial charge in [0.25, 0.3) is 0 Å². The Labute approximate surface area is 115 Å². The van der Waals surface area contributed by atoms with E-state index in [0.29, 0.717) is 19.3 Å². The molecule has 3 nitrogen and oxygen atoms in total. The highest BCUT2D eigenvalue weighted by Gasteiger charge is 2.42. The van der Waals surface area contributed by atoms with Gasteiger partial charge in [-0.25, -0.2) is 0 Å². The molecule has 1 saturated carbocycles. The number of hydrogen-bond donors (Lipinski definition) is 0. The van der Waals surface area contributed by atoms with Gasteiger partial charge in [-0.15, -0.1) is 0 Å². The SMILES string of the molecule is COc1ccc(Br)cc1CC1(C#N)CCCC1=O. The lowest BCUT2D eigenvalue weighted by Gasteiger charge is -2.20. The molecule has 0 heterocycles. The molecule has 1 atom stereocenters. The second-order valence-corrected chi connectivity index (χ2v) is 5.52. The topological polar surface area (TPSA) is 50.1 Å². The molecule has 1 unspecified atom stereocenters. The number of Topliss-reactive ketones (excluding diaryl/α,β-unsaturated/α-hetero) is 1. The molecule has 94 valence electrons.